The van der Waals surface area contributed by atoms with Crippen LogP contribution in [0.15, 0.2) is 30.5 Å². The Bertz CT molecular complexity index is 732. The van der Waals surface area contributed by atoms with Gasteiger partial charge in [-0.05, 0) is 24.8 Å². The van der Waals surface area contributed by atoms with Gasteiger partial charge >= 0.3 is 5.97 Å². The molecule has 5 heteroatoms. The SMILES string of the molecule is N#Cc1cnc2ccccc2c1NC(CC(=O)O)C1CC1. The zero-order valence-electron chi connectivity index (χ0n) is 11.4. The third kappa shape index (κ3) is 2.79. The molecule has 1 aliphatic rings. The van der Waals surface area contributed by atoms with Crippen LogP contribution in [0.5, 0.6) is 0 Å². The van der Waals surface area contributed by atoms with Crippen LogP contribution in [0.4, 0.5) is 5.69 Å². The fourth-order valence-corrected chi connectivity index (χ4v) is 2.59. The highest BCUT2D eigenvalue weighted by atomic mass is 16.4. The number of carbonyl (C=O) groups is 1. The van der Waals surface area contributed by atoms with E-state index >= 15 is 0 Å². The van der Waals surface area contributed by atoms with Crippen molar-refractivity contribution >= 4 is 22.6 Å². The van der Waals surface area contributed by atoms with Gasteiger partial charge in [0.1, 0.15) is 6.07 Å². The number of nitriles is 1. The normalized spacial score (nSPS) is 15.4. The molecular weight excluding hydrogens is 266 g/mol. The van der Waals surface area contributed by atoms with Gasteiger partial charge < -0.3 is 10.4 Å². The van der Waals surface area contributed by atoms with E-state index in [1.807, 2.05) is 24.3 Å². The molecule has 1 aromatic heterocycles. The highest BCUT2D eigenvalue weighted by molar-refractivity contribution is 5.94. The number of pyridine rings is 1. The quantitative estimate of drug-likeness (QED) is 0.880. The summed E-state index contributed by atoms with van der Waals surface area (Å²) in [7, 11) is 0. The van der Waals surface area contributed by atoms with E-state index in [2.05, 4.69) is 16.4 Å². The summed E-state index contributed by atoms with van der Waals surface area (Å²) in [5.74, 6) is -0.448. The smallest absolute Gasteiger partial charge is 0.305 e. The lowest BCUT2D eigenvalue weighted by molar-refractivity contribution is -0.137. The molecular formula is C16H15N3O2. The number of para-hydroxylation sites is 1. The molecule has 0 amide bonds. The molecule has 1 aromatic carbocycles. The number of hydrogen-bond acceptors (Lipinski definition) is 4. The lowest BCUT2D eigenvalue weighted by Gasteiger charge is -2.19. The van der Waals surface area contributed by atoms with Crippen LogP contribution in [-0.4, -0.2) is 22.1 Å². The maximum Gasteiger partial charge on any atom is 0.305 e. The lowest BCUT2D eigenvalue weighted by Crippen LogP contribution is -2.26. The van der Waals surface area contributed by atoms with Gasteiger partial charge in [0.15, 0.2) is 0 Å². The van der Waals surface area contributed by atoms with Crippen LogP contribution in [0, 0.1) is 17.2 Å². The monoisotopic (exact) mass is 281 g/mol. The molecule has 0 radical (unpaired) electrons. The third-order valence-electron chi connectivity index (χ3n) is 3.81. The summed E-state index contributed by atoms with van der Waals surface area (Å²) < 4.78 is 0. The zero-order valence-corrected chi connectivity index (χ0v) is 11.4. The Balaban J connectivity index is 2.01. The van der Waals surface area contributed by atoms with E-state index < -0.39 is 5.97 Å². The standard InChI is InChI=1S/C16H15N3O2/c17-8-11-9-18-13-4-2-1-3-12(13)16(11)19-14(7-15(20)21)10-5-6-10/h1-4,9-10,14H,5-7H2,(H,18,19)(H,20,21). The van der Waals surface area contributed by atoms with Crippen molar-refractivity contribution < 1.29 is 9.90 Å². The van der Waals surface area contributed by atoms with E-state index in [1.54, 1.807) is 0 Å². The predicted octanol–water partition coefficient (Wildman–Crippen LogP) is 2.77. The average molecular weight is 281 g/mol. The molecule has 1 aliphatic carbocycles. The fourth-order valence-electron chi connectivity index (χ4n) is 2.59. The molecule has 21 heavy (non-hydrogen) atoms. The van der Waals surface area contributed by atoms with Gasteiger partial charge in [-0.1, -0.05) is 18.2 Å². The van der Waals surface area contributed by atoms with Gasteiger partial charge in [-0.3, -0.25) is 9.78 Å². The number of benzene rings is 1. The molecule has 1 heterocycles. The Hall–Kier alpha value is -2.61. The maximum absolute atomic E-state index is 11.0. The minimum Gasteiger partial charge on any atom is -0.481 e. The number of anilines is 1. The van der Waals surface area contributed by atoms with Gasteiger partial charge in [0, 0.05) is 17.6 Å². The van der Waals surface area contributed by atoms with Crippen molar-refractivity contribution in [3.8, 4) is 6.07 Å². The van der Waals surface area contributed by atoms with Gasteiger partial charge in [-0.25, -0.2) is 0 Å². The van der Waals surface area contributed by atoms with Gasteiger partial charge in [0.2, 0.25) is 0 Å². The number of rotatable bonds is 5. The van der Waals surface area contributed by atoms with Crippen molar-refractivity contribution in [2.45, 2.75) is 25.3 Å². The van der Waals surface area contributed by atoms with E-state index in [0.717, 1.165) is 23.7 Å². The topological polar surface area (TPSA) is 86.0 Å². The van der Waals surface area contributed by atoms with E-state index in [0.29, 0.717) is 17.2 Å². The van der Waals surface area contributed by atoms with Gasteiger partial charge in [-0.2, -0.15) is 5.26 Å². The van der Waals surface area contributed by atoms with E-state index in [9.17, 15) is 10.1 Å². The molecule has 0 saturated heterocycles. The van der Waals surface area contributed by atoms with Crippen LogP contribution in [0.25, 0.3) is 10.9 Å². The number of nitrogens with zero attached hydrogens (tertiary/aromatic N) is 2. The first-order chi connectivity index (χ1) is 10.2. The molecule has 0 bridgehead atoms. The molecule has 5 nitrogen and oxygen atoms in total. The first-order valence-corrected chi connectivity index (χ1v) is 6.95. The molecule has 1 unspecified atom stereocenters. The zero-order chi connectivity index (χ0) is 14.8. The van der Waals surface area contributed by atoms with Crippen LogP contribution in [0.1, 0.15) is 24.8 Å². The summed E-state index contributed by atoms with van der Waals surface area (Å²) in [4.78, 5) is 15.3. The largest absolute Gasteiger partial charge is 0.481 e. The van der Waals surface area contributed by atoms with Crippen LogP contribution in [0.2, 0.25) is 0 Å². The van der Waals surface area contributed by atoms with Gasteiger partial charge in [0.05, 0.1) is 23.2 Å². The van der Waals surface area contributed by atoms with Crippen molar-refractivity contribution in [2.75, 3.05) is 5.32 Å². The number of aliphatic carboxylic acids is 1. The molecule has 1 fully saturated rings. The predicted molar refractivity (Wildman–Crippen MR) is 78.8 cm³/mol. The van der Waals surface area contributed by atoms with E-state index in [1.165, 1.54) is 6.20 Å². The van der Waals surface area contributed by atoms with Gasteiger partial charge in [-0.15, -0.1) is 0 Å². The van der Waals surface area contributed by atoms with Crippen molar-refractivity contribution in [3.63, 3.8) is 0 Å². The average Bonchev–Trinajstić information content (AvgIpc) is 3.31. The molecule has 1 saturated carbocycles. The van der Waals surface area contributed by atoms with Crippen molar-refractivity contribution in [3.05, 3.63) is 36.0 Å². The first kappa shape index (κ1) is 13.4. The van der Waals surface area contributed by atoms with Crippen LogP contribution >= 0.6 is 0 Å². The minimum absolute atomic E-state index is 0.0617. The number of aromatic nitrogens is 1. The second-order valence-corrected chi connectivity index (χ2v) is 5.36. The summed E-state index contributed by atoms with van der Waals surface area (Å²) in [6.45, 7) is 0. The molecule has 0 aliphatic heterocycles. The van der Waals surface area contributed by atoms with E-state index in [4.69, 9.17) is 5.11 Å². The molecule has 2 N–H and O–H groups in total. The first-order valence-electron chi connectivity index (χ1n) is 6.95. The van der Waals surface area contributed by atoms with Crippen molar-refractivity contribution in [2.24, 2.45) is 5.92 Å². The van der Waals surface area contributed by atoms with E-state index in [-0.39, 0.29) is 12.5 Å². The van der Waals surface area contributed by atoms with Crippen LogP contribution in [0.3, 0.4) is 0 Å². The number of carboxylic acid groups (broad SMARTS) is 1. The molecule has 2 aromatic rings. The summed E-state index contributed by atoms with van der Waals surface area (Å²) >= 11 is 0. The van der Waals surface area contributed by atoms with Crippen molar-refractivity contribution in [1.82, 2.24) is 4.98 Å². The summed E-state index contributed by atoms with van der Waals surface area (Å²) in [5, 5.41) is 22.5. The van der Waals surface area contributed by atoms with Crippen LogP contribution in [-0.2, 0) is 4.79 Å². The fraction of sp³-hybridized carbons (Fsp3) is 0.312. The number of hydrogen-bond donors (Lipinski definition) is 2. The summed E-state index contributed by atoms with van der Waals surface area (Å²) in [6, 6.07) is 9.55. The molecule has 106 valence electrons. The number of fused-ring (bicyclic) bond motifs is 1. The Morgan fingerprint density at radius 3 is 2.90 bits per heavy atom. The highest BCUT2D eigenvalue weighted by Crippen LogP contribution is 2.37. The summed E-state index contributed by atoms with van der Waals surface area (Å²) in [6.07, 6.45) is 3.67. The maximum atomic E-state index is 11.0. The van der Waals surface area contributed by atoms with Crippen molar-refractivity contribution in [1.29, 1.82) is 5.26 Å². The van der Waals surface area contributed by atoms with Crippen LogP contribution < -0.4 is 5.32 Å². The molecule has 0 spiro atoms. The Labute approximate surface area is 122 Å². The Morgan fingerprint density at radius 1 is 1.48 bits per heavy atom. The second-order valence-electron chi connectivity index (χ2n) is 5.36. The highest BCUT2D eigenvalue weighted by Gasteiger charge is 2.33. The third-order valence-corrected chi connectivity index (χ3v) is 3.81. The molecule has 3 rings (SSSR count). The summed E-state index contributed by atoms with van der Waals surface area (Å²) in [5.41, 5.74) is 1.94. The number of nitrogens with one attached hydrogen (secondary N) is 1. The Morgan fingerprint density at radius 2 is 2.24 bits per heavy atom. The lowest BCUT2D eigenvalue weighted by atomic mass is 10.1. The minimum atomic E-state index is -0.823. The number of carboxylic acids is 1. The Kier molecular flexibility index (Phi) is 3.44. The molecule has 1 atom stereocenters. The van der Waals surface area contributed by atoms with Gasteiger partial charge in [0.25, 0.3) is 0 Å². The second kappa shape index (κ2) is 5.41.